The number of carbonyl (C=O) groups excluding carboxylic acids is 2. The molecule has 2 rings (SSSR count). The molecule has 22 heavy (non-hydrogen) atoms. The van der Waals surface area contributed by atoms with Crippen molar-refractivity contribution in [1.82, 2.24) is 5.32 Å². The van der Waals surface area contributed by atoms with Gasteiger partial charge in [0, 0.05) is 11.4 Å². The van der Waals surface area contributed by atoms with Crippen molar-refractivity contribution >= 4 is 23.2 Å². The summed E-state index contributed by atoms with van der Waals surface area (Å²) >= 11 is 1.44. The zero-order valence-electron chi connectivity index (χ0n) is 12.6. The highest BCUT2D eigenvalue weighted by Gasteiger charge is 2.14. The van der Waals surface area contributed by atoms with Crippen molar-refractivity contribution in [1.29, 1.82) is 0 Å². The maximum Gasteiger partial charge on any atom is 0.341 e. The number of methoxy groups -OCH3 is 2. The maximum absolute atomic E-state index is 12.0. The van der Waals surface area contributed by atoms with E-state index in [0.29, 0.717) is 22.7 Å². The fourth-order valence-electron chi connectivity index (χ4n) is 1.96. The van der Waals surface area contributed by atoms with Crippen molar-refractivity contribution in [3.63, 3.8) is 0 Å². The highest BCUT2D eigenvalue weighted by molar-refractivity contribution is 7.13. The van der Waals surface area contributed by atoms with Crippen molar-refractivity contribution in [3.05, 3.63) is 51.2 Å². The molecule has 0 saturated carbocycles. The Balaban J connectivity index is 2.10. The zero-order chi connectivity index (χ0) is 16.1. The summed E-state index contributed by atoms with van der Waals surface area (Å²) in [7, 11) is 2.80. The van der Waals surface area contributed by atoms with Gasteiger partial charge in [-0.1, -0.05) is 6.07 Å². The molecule has 1 aromatic carbocycles. The highest BCUT2D eigenvalue weighted by atomic mass is 32.1. The molecule has 1 aromatic heterocycles. The average molecular weight is 319 g/mol. The Bertz CT molecular complexity index is 693. The lowest BCUT2D eigenvalue weighted by molar-refractivity contribution is 0.0597. The number of esters is 1. The van der Waals surface area contributed by atoms with Crippen LogP contribution in [-0.2, 0) is 11.3 Å². The predicted octanol–water partition coefficient (Wildman–Crippen LogP) is 2.78. The summed E-state index contributed by atoms with van der Waals surface area (Å²) in [6, 6.07) is 8.84. The molecular formula is C16H17NO4S. The van der Waals surface area contributed by atoms with Crippen LogP contribution in [0.3, 0.4) is 0 Å². The number of benzene rings is 1. The number of carbonyl (C=O) groups is 2. The van der Waals surface area contributed by atoms with Crippen LogP contribution in [-0.4, -0.2) is 26.1 Å². The lowest BCUT2D eigenvalue weighted by atomic mass is 10.1. The molecule has 5 nitrogen and oxygen atoms in total. The number of hydrogen-bond acceptors (Lipinski definition) is 5. The highest BCUT2D eigenvalue weighted by Crippen LogP contribution is 2.21. The second-order valence-electron chi connectivity index (χ2n) is 4.62. The van der Waals surface area contributed by atoms with Crippen LogP contribution in [0.1, 0.15) is 30.5 Å². The molecule has 0 aliphatic rings. The van der Waals surface area contributed by atoms with Crippen LogP contribution in [0.2, 0.25) is 0 Å². The molecule has 0 saturated heterocycles. The van der Waals surface area contributed by atoms with Crippen LogP contribution in [0.4, 0.5) is 0 Å². The van der Waals surface area contributed by atoms with Gasteiger partial charge < -0.3 is 14.8 Å². The summed E-state index contributed by atoms with van der Waals surface area (Å²) in [6.07, 6.45) is 0. The van der Waals surface area contributed by atoms with Crippen LogP contribution in [0.5, 0.6) is 5.75 Å². The molecule has 0 aliphatic heterocycles. The number of nitrogens with one attached hydrogen (secondary N) is 1. The van der Waals surface area contributed by atoms with E-state index in [-0.39, 0.29) is 5.91 Å². The molecule has 0 fully saturated rings. The minimum Gasteiger partial charge on any atom is -0.496 e. The van der Waals surface area contributed by atoms with Crippen LogP contribution < -0.4 is 10.1 Å². The van der Waals surface area contributed by atoms with Gasteiger partial charge >= 0.3 is 5.97 Å². The van der Waals surface area contributed by atoms with E-state index in [4.69, 9.17) is 9.47 Å². The summed E-state index contributed by atoms with van der Waals surface area (Å²) < 4.78 is 9.86. The minimum absolute atomic E-state index is 0.131. The van der Waals surface area contributed by atoms with E-state index >= 15 is 0 Å². The molecule has 116 valence electrons. The Labute approximate surface area is 132 Å². The van der Waals surface area contributed by atoms with E-state index < -0.39 is 5.97 Å². The standard InChI is InChI=1S/C16H17NO4S/c1-10-4-7-14(22-10)15(18)17-9-11-5-6-13(20-2)12(8-11)16(19)21-3/h4-8H,9H2,1-3H3,(H,17,18). The van der Waals surface area contributed by atoms with Crippen molar-refractivity contribution in [2.75, 3.05) is 14.2 Å². The Kier molecular flexibility index (Phi) is 5.16. The third-order valence-electron chi connectivity index (χ3n) is 3.09. The summed E-state index contributed by atoms with van der Waals surface area (Å²) in [6.45, 7) is 2.28. The molecule has 0 unspecified atom stereocenters. The lowest BCUT2D eigenvalue weighted by Crippen LogP contribution is -2.22. The van der Waals surface area contributed by atoms with Gasteiger partial charge in [-0.25, -0.2) is 4.79 Å². The molecule has 1 amide bonds. The molecule has 0 bridgehead atoms. The molecule has 6 heteroatoms. The summed E-state index contributed by atoms with van der Waals surface area (Å²) in [5.74, 6) is -0.164. The van der Waals surface area contributed by atoms with E-state index in [1.54, 1.807) is 24.3 Å². The van der Waals surface area contributed by atoms with Crippen molar-refractivity contribution in [2.45, 2.75) is 13.5 Å². The minimum atomic E-state index is -0.473. The number of thiophene rings is 1. The van der Waals surface area contributed by atoms with Crippen LogP contribution >= 0.6 is 11.3 Å². The summed E-state index contributed by atoms with van der Waals surface area (Å²) in [5.41, 5.74) is 1.13. The van der Waals surface area contributed by atoms with E-state index in [1.807, 2.05) is 13.0 Å². The Morgan fingerprint density at radius 3 is 2.55 bits per heavy atom. The van der Waals surface area contributed by atoms with Crippen LogP contribution in [0, 0.1) is 6.92 Å². The number of rotatable bonds is 5. The Morgan fingerprint density at radius 2 is 1.95 bits per heavy atom. The van der Waals surface area contributed by atoms with Gasteiger partial charge in [0.05, 0.1) is 19.1 Å². The number of ether oxygens (including phenoxy) is 2. The van der Waals surface area contributed by atoms with Gasteiger partial charge in [-0.3, -0.25) is 4.79 Å². The van der Waals surface area contributed by atoms with Gasteiger partial charge in [0.1, 0.15) is 11.3 Å². The molecule has 1 N–H and O–H groups in total. The Morgan fingerprint density at radius 1 is 1.18 bits per heavy atom. The van der Waals surface area contributed by atoms with E-state index in [2.05, 4.69) is 5.32 Å². The monoisotopic (exact) mass is 319 g/mol. The third-order valence-corrected chi connectivity index (χ3v) is 4.09. The summed E-state index contributed by atoms with van der Waals surface area (Å²) in [5, 5.41) is 2.83. The third kappa shape index (κ3) is 3.65. The number of aryl methyl sites for hydroxylation is 1. The van der Waals surface area contributed by atoms with Crippen LogP contribution in [0.15, 0.2) is 30.3 Å². The first kappa shape index (κ1) is 16.0. The normalized spacial score (nSPS) is 10.1. The summed E-state index contributed by atoms with van der Waals surface area (Å²) in [4.78, 5) is 25.5. The quantitative estimate of drug-likeness (QED) is 0.861. The molecular weight excluding hydrogens is 302 g/mol. The second kappa shape index (κ2) is 7.09. The van der Waals surface area contributed by atoms with Gasteiger partial charge in [-0.2, -0.15) is 0 Å². The van der Waals surface area contributed by atoms with E-state index in [9.17, 15) is 9.59 Å². The molecule has 2 aromatic rings. The number of amides is 1. The molecule has 1 heterocycles. The zero-order valence-corrected chi connectivity index (χ0v) is 13.5. The topological polar surface area (TPSA) is 64.6 Å². The average Bonchev–Trinajstić information content (AvgIpc) is 2.98. The van der Waals surface area contributed by atoms with Gasteiger partial charge in [0.25, 0.3) is 5.91 Å². The first-order valence-corrected chi connectivity index (χ1v) is 7.46. The van der Waals surface area contributed by atoms with Crippen LogP contribution in [0.25, 0.3) is 0 Å². The molecule has 0 spiro atoms. The van der Waals surface area contributed by atoms with Gasteiger partial charge in [-0.15, -0.1) is 11.3 Å². The number of hydrogen-bond donors (Lipinski definition) is 1. The van der Waals surface area contributed by atoms with Gasteiger partial charge in [0.15, 0.2) is 0 Å². The molecule has 0 aliphatic carbocycles. The van der Waals surface area contributed by atoms with E-state index in [1.165, 1.54) is 25.6 Å². The largest absolute Gasteiger partial charge is 0.496 e. The Hall–Kier alpha value is -2.34. The van der Waals surface area contributed by atoms with E-state index in [0.717, 1.165) is 10.4 Å². The fourth-order valence-corrected chi connectivity index (χ4v) is 2.74. The first-order valence-electron chi connectivity index (χ1n) is 6.65. The van der Waals surface area contributed by atoms with Gasteiger partial charge in [0.2, 0.25) is 0 Å². The lowest BCUT2D eigenvalue weighted by Gasteiger charge is -2.10. The molecule has 0 atom stereocenters. The molecule has 0 radical (unpaired) electrons. The van der Waals surface area contributed by atoms with Crippen molar-refractivity contribution < 1.29 is 19.1 Å². The second-order valence-corrected chi connectivity index (χ2v) is 5.91. The maximum atomic E-state index is 12.0. The van der Waals surface area contributed by atoms with Crippen molar-refractivity contribution in [3.8, 4) is 5.75 Å². The first-order chi connectivity index (χ1) is 10.5. The van der Waals surface area contributed by atoms with Gasteiger partial charge in [-0.05, 0) is 36.8 Å². The van der Waals surface area contributed by atoms with Crippen molar-refractivity contribution in [2.24, 2.45) is 0 Å². The fraction of sp³-hybridized carbons (Fsp3) is 0.250. The SMILES string of the molecule is COC(=O)c1cc(CNC(=O)c2ccc(C)s2)ccc1OC. The predicted molar refractivity (Wildman–Crippen MR) is 84.6 cm³/mol. The smallest absolute Gasteiger partial charge is 0.341 e.